The maximum atomic E-state index is 9.30. The highest BCUT2D eigenvalue weighted by Gasteiger charge is 2.13. The van der Waals surface area contributed by atoms with E-state index in [9.17, 15) is 5.11 Å². The molecule has 0 aliphatic rings. The second-order valence-corrected chi connectivity index (χ2v) is 5.66. The molecule has 4 heteroatoms. The fourth-order valence-electron chi connectivity index (χ4n) is 2.30. The van der Waals surface area contributed by atoms with Crippen molar-refractivity contribution in [3.05, 3.63) is 40.8 Å². The Kier molecular flexibility index (Phi) is 3.12. The first-order valence-corrected chi connectivity index (χ1v) is 7.21. The van der Waals surface area contributed by atoms with Gasteiger partial charge < -0.3 is 9.67 Å². The number of fused-ring (bicyclic) bond motifs is 1. The lowest BCUT2D eigenvalue weighted by Gasteiger charge is -2.06. The van der Waals surface area contributed by atoms with Crippen LogP contribution in [0.3, 0.4) is 0 Å². The van der Waals surface area contributed by atoms with Crippen molar-refractivity contribution in [1.29, 1.82) is 0 Å². The molecule has 2 heterocycles. The van der Waals surface area contributed by atoms with Crippen LogP contribution in [0.4, 0.5) is 0 Å². The third-order valence-electron chi connectivity index (χ3n) is 3.43. The summed E-state index contributed by atoms with van der Waals surface area (Å²) in [6.07, 6.45) is 0. The van der Waals surface area contributed by atoms with Crippen LogP contribution in [0.1, 0.15) is 11.1 Å². The summed E-state index contributed by atoms with van der Waals surface area (Å²) in [4.78, 5) is 5.88. The molecule has 1 N–H and O–H groups in total. The normalized spacial score (nSPS) is 11.3. The lowest BCUT2D eigenvalue weighted by molar-refractivity contribution is 0.278. The molecular weight excluding hydrogens is 256 g/mol. The first-order valence-electron chi connectivity index (χ1n) is 6.33. The Bertz CT molecular complexity index is 713. The van der Waals surface area contributed by atoms with E-state index in [4.69, 9.17) is 4.98 Å². The molecule has 0 aliphatic carbocycles. The van der Waals surface area contributed by atoms with Crippen molar-refractivity contribution in [2.24, 2.45) is 0 Å². The van der Waals surface area contributed by atoms with E-state index in [1.165, 1.54) is 11.1 Å². The highest BCUT2D eigenvalue weighted by molar-refractivity contribution is 7.13. The van der Waals surface area contributed by atoms with Gasteiger partial charge in [0.05, 0.1) is 22.5 Å². The Hall–Kier alpha value is -1.65. The SMILES string of the molecule is Cc1cc2nc(-c3cccs3)n(CCO)c2cc1C. The molecule has 0 amide bonds. The number of benzene rings is 1. The molecule has 0 saturated carbocycles. The molecule has 3 nitrogen and oxygen atoms in total. The van der Waals surface area contributed by atoms with Gasteiger partial charge in [0.25, 0.3) is 0 Å². The lowest BCUT2D eigenvalue weighted by atomic mass is 10.1. The second-order valence-electron chi connectivity index (χ2n) is 4.71. The maximum Gasteiger partial charge on any atom is 0.151 e. The van der Waals surface area contributed by atoms with Crippen molar-refractivity contribution in [1.82, 2.24) is 9.55 Å². The third kappa shape index (κ3) is 2.07. The molecule has 3 aromatic rings. The van der Waals surface area contributed by atoms with Crippen molar-refractivity contribution in [3.8, 4) is 10.7 Å². The van der Waals surface area contributed by atoms with Crippen molar-refractivity contribution in [2.75, 3.05) is 6.61 Å². The number of aryl methyl sites for hydroxylation is 2. The molecule has 0 radical (unpaired) electrons. The van der Waals surface area contributed by atoms with Gasteiger partial charge in [0.1, 0.15) is 0 Å². The molecule has 0 spiro atoms. The van der Waals surface area contributed by atoms with E-state index < -0.39 is 0 Å². The zero-order valence-corrected chi connectivity index (χ0v) is 11.9. The number of imidazole rings is 1. The van der Waals surface area contributed by atoms with E-state index in [2.05, 4.69) is 42.0 Å². The Morgan fingerprint density at radius 3 is 2.74 bits per heavy atom. The molecule has 98 valence electrons. The zero-order valence-electron chi connectivity index (χ0n) is 11.1. The predicted octanol–water partition coefficient (Wildman–Crippen LogP) is 3.37. The Labute approximate surface area is 116 Å². The Morgan fingerprint density at radius 2 is 2.05 bits per heavy atom. The van der Waals surface area contributed by atoms with Gasteiger partial charge in [-0.15, -0.1) is 11.3 Å². The molecular formula is C15H16N2OS. The molecule has 0 atom stereocenters. The smallest absolute Gasteiger partial charge is 0.151 e. The summed E-state index contributed by atoms with van der Waals surface area (Å²) >= 11 is 1.67. The van der Waals surface area contributed by atoms with Crippen LogP contribution in [0.5, 0.6) is 0 Å². The van der Waals surface area contributed by atoms with Gasteiger partial charge in [-0.2, -0.15) is 0 Å². The summed E-state index contributed by atoms with van der Waals surface area (Å²) in [6.45, 7) is 4.91. The molecule has 0 fully saturated rings. The third-order valence-corrected chi connectivity index (χ3v) is 4.29. The number of aliphatic hydroxyl groups excluding tert-OH is 1. The van der Waals surface area contributed by atoms with Gasteiger partial charge in [0.2, 0.25) is 0 Å². The molecule has 0 bridgehead atoms. The van der Waals surface area contributed by atoms with Crippen molar-refractivity contribution in [3.63, 3.8) is 0 Å². The van der Waals surface area contributed by atoms with Gasteiger partial charge in [0, 0.05) is 6.54 Å². The number of aliphatic hydroxyl groups is 1. The summed E-state index contributed by atoms with van der Waals surface area (Å²) < 4.78 is 2.10. The molecule has 0 aliphatic heterocycles. The lowest BCUT2D eigenvalue weighted by Crippen LogP contribution is -2.03. The van der Waals surface area contributed by atoms with Gasteiger partial charge in [-0.1, -0.05) is 6.07 Å². The van der Waals surface area contributed by atoms with Gasteiger partial charge in [0.15, 0.2) is 5.82 Å². The van der Waals surface area contributed by atoms with Gasteiger partial charge in [-0.05, 0) is 48.6 Å². The molecule has 3 rings (SSSR count). The van der Waals surface area contributed by atoms with Gasteiger partial charge in [-0.3, -0.25) is 0 Å². The summed E-state index contributed by atoms with van der Waals surface area (Å²) in [5.41, 5.74) is 4.60. The minimum absolute atomic E-state index is 0.122. The fourth-order valence-corrected chi connectivity index (χ4v) is 3.02. The van der Waals surface area contributed by atoms with Crippen molar-refractivity contribution >= 4 is 22.4 Å². The van der Waals surface area contributed by atoms with Crippen molar-refractivity contribution in [2.45, 2.75) is 20.4 Å². The van der Waals surface area contributed by atoms with E-state index in [-0.39, 0.29) is 6.61 Å². The number of rotatable bonds is 3. The van der Waals surface area contributed by atoms with Gasteiger partial charge in [-0.25, -0.2) is 4.98 Å². The maximum absolute atomic E-state index is 9.30. The Morgan fingerprint density at radius 1 is 1.26 bits per heavy atom. The molecule has 2 aromatic heterocycles. The number of aromatic nitrogens is 2. The molecule has 0 saturated heterocycles. The number of thiophene rings is 1. The highest BCUT2D eigenvalue weighted by Crippen LogP contribution is 2.29. The number of hydrogen-bond acceptors (Lipinski definition) is 3. The summed E-state index contributed by atoms with van der Waals surface area (Å²) in [7, 11) is 0. The predicted molar refractivity (Wildman–Crippen MR) is 79.6 cm³/mol. The zero-order chi connectivity index (χ0) is 13.4. The van der Waals surface area contributed by atoms with E-state index >= 15 is 0 Å². The summed E-state index contributed by atoms with van der Waals surface area (Å²) in [5, 5.41) is 11.3. The van der Waals surface area contributed by atoms with Crippen LogP contribution in [0.15, 0.2) is 29.6 Å². The van der Waals surface area contributed by atoms with E-state index in [1.54, 1.807) is 11.3 Å². The molecule has 19 heavy (non-hydrogen) atoms. The van der Waals surface area contributed by atoms with Crippen LogP contribution >= 0.6 is 11.3 Å². The highest BCUT2D eigenvalue weighted by atomic mass is 32.1. The largest absolute Gasteiger partial charge is 0.395 e. The van der Waals surface area contributed by atoms with Crippen LogP contribution in [0, 0.1) is 13.8 Å². The minimum Gasteiger partial charge on any atom is -0.395 e. The van der Waals surface area contributed by atoms with Crippen LogP contribution in [0.25, 0.3) is 21.7 Å². The van der Waals surface area contributed by atoms with Crippen LogP contribution in [-0.2, 0) is 6.54 Å². The summed E-state index contributed by atoms with van der Waals surface area (Å²) in [5.74, 6) is 0.948. The fraction of sp³-hybridized carbons (Fsp3) is 0.267. The molecule has 0 unspecified atom stereocenters. The van der Waals surface area contributed by atoms with Crippen molar-refractivity contribution < 1.29 is 5.11 Å². The van der Waals surface area contributed by atoms with Crippen LogP contribution < -0.4 is 0 Å². The second kappa shape index (κ2) is 4.79. The first-order chi connectivity index (χ1) is 9.20. The van der Waals surface area contributed by atoms with Crippen LogP contribution in [0.2, 0.25) is 0 Å². The summed E-state index contributed by atoms with van der Waals surface area (Å²) in [6, 6.07) is 8.37. The quantitative estimate of drug-likeness (QED) is 0.793. The van der Waals surface area contributed by atoms with Crippen LogP contribution in [-0.4, -0.2) is 21.3 Å². The standard InChI is InChI=1S/C15H16N2OS/c1-10-8-12-13(9-11(10)2)17(5-6-18)15(16-12)14-4-3-7-19-14/h3-4,7-9,18H,5-6H2,1-2H3. The van der Waals surface area contributed by atoms with E-state index in [0.29, 0.717) is 6.54 Å². The van der Waals surface area contributed by atoms with Gasteiger partial charge >= 0.3 is 0 Å². The topological polar surface area (TPSA) is 38.0 Å². The first kappa shape index (κ1) is 12.4. The number of hydrogen-bond donors (Lipinski definition) is 1. The van der Waals surface area contributed by atoms with E-state index in [1.807, 2.05) is 6.07 Å². The number of nitrogens with zero attached hydrogens (tertiary/aromatic N) is 2. The minimum atomic E-state index is 0.122. The molecule has 1 aromatic carbocycles. The Balaban J connectivity index is 2.29. The van der Waals surface area contributed by atoms with E-state index in [0.717, 1.165) is 21.7 Å². The average Bonchev–Trinajstić information content (AvgIpc) is 3.00. The average molecular weight is 272 g/mol. The monoisotopic (exact) mass is 272 g/mol.